The lowest BCUT2D eigenvalue weighted by molar-refractivity contribution is -0.870. The Morgan fingerprint density at radius 3 is 1.74 bits per heavy atom. The van der Waals surface area contributed by atoms with Gasteiger partial charge in [0.2, 0.25) is 0 Å². The molecule has 1 aliphatic heterocycles. The van der Waals surface area contributed by atoms with Gasteiger partial charge in [-0.25, -0.2) is 4.57 Å². The minimum Gasteiger partial charge on any atom is -0.462 e. The molecule has 4 atom stereocenters. The number of likely N-dealkylation sites (N-methyl/N-ethyl adjacent to an activating group) is 1. The van der Waals surface area contributed by atoms with Crippen LogP contribution in [0.1, 0.15) is 142 Å². The maximum Gasteiger partial charge on any atom is 0.472 e. The van der Waals surface area contributed by atoms with Gasteiger partial charge in [0.25, 0.3) is 0 Å². The molecular formula is C50H83NO9P+. The quantitative estimate of drug-likeness (QED) is 0.0161. The first-order chi connectivity index (χ1) is 29.5. The molecule has 1 saturated heterocycles. The first-order valence-electron chi connectivity index (χ1n) is 23.1. The number of hydrogen-bond acceptors (Lipinski definition) is 8. The van der Waals surface area contributed by atoms with Crippen molar-refractivity contribution in [1.29, 1.82) is 0 Å². The molecule has 346 valence electrons. The van der Waals surface area contributed by atoms with Crippen LogP contribution in [0.15, 0.2) is 97.2 Å². The summed E-state index contributed by atoms with van der Waals surface area (Å²) in [6, 6.07) is 0. The number of unbranched alkanes of at least 4 members (excludes halogenated alkanes) is 6. The van der Waals surface area contributed by atoms with E-state index in [0.717, 1.165) is 77.0 Å². The number of nitrogens with zero attached hydrogens (tertiary/aromatic N) is 1. The summed E-state index contributed by atoms with van der Waals surface area (Å²) in [6.45, 7) is 4.14. The van der Waals surface area contributed by atoms with Gasteiger partial charge in [0.1, 0.15) is 19.8 Å². The zero-order valence-corrected chi connectivity index (χ0v) is 39.4. The van der Waals surface area contributed by atoms with E-state index in [4.69, 9.17) is 23.3 Å². The second-order valence-corrected chi connectivity index (χ2v) is 17.9. The Hall–Kier alpha value is -3.11. The number of allylic oxidation sites excluding steroid dienone is 15. The predicted molar refractivity (Wildman–Crippen MR) is 251 cm³/mol. The number of hydrogen-bond donors (Lipinski definition) is 1. The van der Waals surface area contributed by atoms with Crippen LogP contribution in [-0.4, -0.2) is 87.1 Å². The zero-order chi connectivity index (χ0) is 44.7. The summed E-state index contributed by atoms with van der Waals surface area (Å²) in [7, 11) is 1.40. The van der Waals surface area contributed by atoms with Gasteiger partial charge in [0, 0.05) is 12.8 Å². The Morgan fingerprint density at radius 1 is 0.623 bits per heavy atom. The van der Waals surface area contributed by atoms with Gasteiger partial charge in [0.15, 0.2) is 6.10 Å². The monoisotopic (exact) mass is 873 g/mol. The molecule has 1 heterocycles. The van der Waals surface area contributed by atoms with Crippen LogP contribution in [-0.2, 0) is 37.4 Å². The molecule has 3 unspecified atom stereocenters. The van der Waals surface area contributed by atoms with Crippen LogP contribution in [0.3, 0.4) is 0 Å². The third kappa shape index (κ3) is 38.3. The number of ether oxygens (including phenoxy) is 3. The fourth-order valence-corrected chi connectivity index (χ4v) is 6.57. The summed E-state index contributed by atoms with van der Waals surface area (Å²) in [6.07, 6.45) is 52.1. The van der Waals surface area contributed by atoms with Crippen molar-refractivity contribution >= 4 is 19.8 Å². The first-order valence-corrected chi connectivity index (χ1v) is 24.6. The van der Waals surface area contributed by atoms with Crippen molar-refractivity contribution in [2.75, 3.05) is 47.5 Å². The molecule has 0 aromatic heterocycles. The SMILES string of the molecule is CC/C=C\C/C=C\C/C=C\C/C=C\C/C=C\CCCCCC(=O)O[C@H](COC(=O)CCC/C=C\C/C=C\C/C=C\CC1OC1CCCCC)COP(=O)(O)OCC[N+](C)(C)C. The highest BCUT2D eigenvalue weighted by Crippen LogP contribution is 2.43. The molecule has 1 N–H and O–H groups in total. The van der Waals surface area contributed by atoms with Gasteiger partial charge in [-0.2, -0.15) is 0 Å². The molecule has 0 aromatic rings. The normalized spacial score (nSPS) is 17.7. The highest BCUT2D eigenvalue weighted by molar-refractivity contribution is 7.47. The average molecular weight is 873 g/mol. The van der Waals surface area contributed by atoms with E-state index in [9.17, 15) is 19.0 Å². The van der Waals surface area contributed by atoms with Crippen LogP contribution in [0.2, 0.25) is 0 Å². The van der Waals surface area contributed by atoms with Crippen molar-refractivity contribution in [3.63, 3.8) is 0 Å². The van der Waals surface area contributed by atoms with Crippen molar-refractivity contribution in [3.05, 3.63) is 97.2 Å². The molecule has 0 radical (unpaired) electrons. The van der Waals surface area contributed by atoms with Crippen molar-refractivity contribution in [2.24, 2.45) is 0 Å². The number of rotatable bonds is 39. The van der Waals surface area contributed by atoms with Gasteiger partial charge in [-0.05, 0) is 89.9 Å². The molecule has 1 aliphatic rings. The maximum absolute atomic E-state index is 12.7. The van der Waals surface area contributed by atoms with E-state index < -0.39 is 32.5 Å². The zero-order valence-electron chi connectivity index (χ0n) is 38.5. The van der Waals surface area contributed by atoms with Crippen LogP contribution in [0.5, 0.6) is 0 Å². The van der Waals surface area contributed by atoms with Crippen molar-refractivity contribution < 1.29 is 46.8 Å². The van der Waals surface area contributed by atoms with Gasteiger partial charge in [-0.15, -0.1) is 0 Å². The molecule has 0 bridgehead atoms. The maximum atomic E-state index is 12.7. The first kappa shape index (κ1) is 55.9. The molecule has 61 heavy (non-hydrogen) atoms. The smallest absolute Gasteiger partial charge is 0.462 e. The van der Waals surface area contributed by atoms with Crippen LogP contribution in [0, 0.1) is 0 Å². The second-order valence-electron chi connectivity index (χ2n) is 16.4. The Labute approximate surface area is 370 Å². The van der Waals surface area contributed by atoms with Crippen molar-refractivity contribution in [3.8, 4) is 0 Å². The van der Waals surface area contributed by atoms with Crippen LogP contribution >= 0.6 is 7.82 Å². The largest absolute Gasteiger partial charge is 0.472 e. The number of phosphoric acid groups is 1. The highest BCUT2D eigenvalue weighted by atomic mass is 31.2. The lowest BCUT2D eigenvalue weighted by atomic mass is 10.1. The average Bonchev–Trinajstić information content (AvgIpc) is 3.97. The van der Waals surface area contributed by atoms with E-state index in [0.29, 0.717) is 36.1 Å². The molecular weight excluding hydrogens is 790 g/mol. The minimum atomic E-state index is -4.41. The lowest BCUT2D eigenvalue weighted by Gasteiger charge is -2.24. The summed E-state index contributed by atoms with van der Waals surface area (Å²) < 4.78 is 40.0. The molecule has 10 nitrogen and oxygen atoms in total. The minimum absolute atomic E-state index is 0.00856. The van der Waals surface area contributed by atoms with Gasteiger partial charge < -0.3 is 23.6 Å². The standard InChI is InChI=1S/C50H82NO9P/c1-6-8-10-11-12-13-14-15-16-17-18-19-20-21-22-27-30-33-37-41-50(53)59-46(45-58-61(54,55)57-43-42-51(3,4)5)44-56-49(52)40-36-32-29-26-24-23-25-28-31-35-39-48-47(60-48)38-34-9-7-2/h8,10,12-13,15-16,18-19,21-23,25-26,29,31,35,46-48H,6-7,9,11,14,17,20,24,27-28,30,32-34,36-45H2,1-5H3/p+1/b10-8-,13-12-,16-15-,19-18-,22-21-,25-23-,29-26-,35-31-/t46-,47?,48?/m1/s1. The number of quaternary nitrogens is 1. The van der Waals surface area contributed by atoms with Gasteiger partial charge >= 0.3 is 19.8 Å². The highest BCUT2D eigenvalue weighted by Gasteiger charge is 2.36. The third-order valence-corrected chi connectivity index (χ3v) is 10.5. The topological polar surface area (TPSA) is 121 Å². The van der Waals surface area contributed by atoms with Crippen LogP contribution in [0.25, 0.3) is 0 Å². The van der Waals surface area contributed by atoms with E-state index in [1.54, 1.807) is 0 Å². The van der Waals surface area contributed by atoms with Crippen LogP contribution in [0.4, 0.5) is 0 Å². The lowest BCUT2D eigenvalue weighted by Crippen LogP contribution is -2.37. The number of esters is 2. The summed E-state index contributed by atoms with van der Waals surface area (Å²) in [5.74, 6) is -0.918. The van der Waals surface area contributed by atoms with Gasteiger partial charge in [-0.3, -0.25) is 18.6 Å². The van der Waals surface area contributed by atoms with Gasteiger partial charge in [-0.1, -0.05) is 137 Å². The van der Waals surface area contributed by atoms with E-state index in [1.165, 1.54) is 25.7 Å². The summed E-state index contributed by atoms with van der Waals surface area (Å²) in [5, 5.41) is 0. The number of epoxide rings is 1. The Morgan fingerprint density at radius 2 is 1.16 bits per heavy atom. The van der Waals surface area contributed by atoms with E-state index in [1.807, 2.05) is 21.1 Å². The van der Waals surface area contributed by atoms with E-state index in [2.05, 4.69) is 111 Å². The van der Waals surface area contributed by atoms with Crippen molar-refractivity contribution in [2.45, 2.75) is 161 Å². The van der Waals surface area contributed by atoms with E-state index in [-0.39, 0.29) is 26.1 Å². The molecule has 1 rings (SSSR count). The van der Waals surface area contributed by atoms with E-state index >= 15 is 0 Å². The molecule has 11 heteroatoms. The van der Waals surface area contributed by atoms with Gasteiger partial charge in [0.05, 0.1) is 40.0 Å². The summed E-state index contributed by atoms with van der Waals surface area (Å²) in [5.41, 5.74) is 0. The molecule has 0 spiro atoms. The Balaban J connectivity index is 2.34. The molecule has 0 aromatic carbocycles. The third-order valence-electron chi connectivity index (χ3n) is 9.52. The second kappa shape index (κ2) is 37.4. The Kier molecular flexibility index (Phi) is 34.3. The molecule has 0 amide bonds. The molecule has 1 fully saturated rings. The Bertz CT molecular complexity index is 1420. The number of phosphoric ester groups is 1. The summed E-state index contributed by atoms with van der Waals surface area (Å²) in [4.78, 5) is 35.4. The number of carbonyl (C=O) groups is 2. The molecule has 0 saturated carbocycles. The molecule has 0 aliphatic carbocycles. The van der Waals surface area contributed by atoms with Crippen molar-refractivity contribution in [1.82, 2.24) is 0 Å². The predicted octanol–water partition coefficient (Wildman–Crippen LogP) is 12.3. The summed E-state index contributed by atoms with van der Waals surface area (Å²) >= 11 is 0. The fourth-order valence-electron chi connectivity index (χ4n) is 5.83. The van der Waals surface area contributed by atoms with Crippen LogP contribution < -0.4 is 0 Å². The fraction of sp³-hybridized carbons (Fsp3) is 0.640. The number of carbonyl (C=O) groups excluding carboxylic acids is 2.